The van der Waals surface area contributed by atoms with Crippen LogP contribution in [0.25, 0.3) is 5.65 Å². The Hall–Kier alpha value is -1.64. The van der Waals surface area contributed by atoms with Gasteiger partial charge in [0.15, 0.2) is 17.4 Å². The molecule has 0 aliphatic heterocycles. The topological polar surface area (TPSA) is 57.8 Å². The summed E-state index contributed by atoms with van der Waals surface area (Å²) in [7, 11) is 3.86. The van der Waals surface area contributed by atoms with Gasteiger partial charge in [-0.15, -0.1) is 40.8 Å². The molecule has 24 heavy (non-hydrogen) atoms. The molecule has 0 saturated carbocycles. The Morgan fingerprint density at radius 2 is 2.17 bits per heavy atom. The van der Waals surface area contributed by atoms with Gasteiger partial charge in [0.25, 0.3) is 0 Å². The summed E-state index contributed by atoms with van der Waals surface area (Å²) in [5.74, 6) is 1.75. The number of aromatic nitrogens is 3. The number of allylic oxidation sites excluding steroid dienone is 1. The van der Waals surface area contributed by atoms with Crippen LogP contribution in [0.15, 0.2) is 42.0 Å². The Morgan fingerprint density at radius 3 is 2.92 bits per heavy atom. The lowest BCUT2D eigenvalue weighted by molar-refractivity contribution is 0.454. The van der Waals surface area contributed by atoms with E-state index >= 15 is 0 Å². The van der Waals surface area contributed by atoms with Crippen molar-refractivity contribution < 1.29 is 0 Å². The van der Waals surface area contributed by atoms with Crippen LogP contribution in [-0.4, -0.2) is 46.1 Å². The van der Waals surface area contributed by atoms with E-state index in [1.807, 2.05) is 34.9 Å². The average molecular weight is 442 g/mol. The molecule has 0 atom stereocenters. The summed E-state index contributed by atoms with van der Waals surface area (Å²) in [6, 6.07) is 5.88. The molecule has 7 heteroatoms. The molecule has 0 aromatic carbocycles. The third kappa shape index (κ3) is 5.77. The van der Waals surface area contributed by atoms with Crippen LogP contribution in [0, 0.1) is 0 Å². The molecule has 0 fully saturated rings. The van der Waals surface area contributed by atoms with E-state index in [1.54, 1.807) is 7.05 Å². The maximum absolute atomic E-state index is 4.34. The first-order chi connectivity index (χ1) is 11.3. The van der Waals surface area contributed by atoms with Gasteiger partial charge in [-0.3, -0.25) is 9.39 Å². The largest absolute Gasteiger partial charge is 0.349 e. The van der Waals surface area contributed by atoms with E-state index in [1.165, 1.54) is 12.8 Å². The highest BCUT2D eigenvalue weighted by Crippen LogP contribution is 2.04. The van der Waals surface area contributed by atoms with Crippen molar-refractivity contribution >= 4 is 35.6 Å². The molecular formula is C17H27IN6. The molecule has 0 radical (unpaired) electrons. The van der Waals surface area contributed by atoms with E-state index in [0.717, 1.165) is 36.8 Å². The minimum atomic E-state index is 0. The van der Waals surface area contributed by atoms with Crippen LogP contribution in [0.2, 0.25) is 0 Å². The third-order valence-corrected chi connectivity index (χ3v) is 3.76. The summed E-state index contributed by atoms with van der Waals surface area (Å²) in [5, 5.41) is 11.7. The lowest BCUT2D eigenvalue weighted by atomic mass is 10.2. The fourth-order valence-electron chi connectivity index (χ4n) is 2.47. The summed E-state index contributed by atoms with van der Waals surface area (Å²) < 4.78 is 1.98. The quantitative estimate of drug-likeness (QED) is 0.225. The molecule has 2 heterocycles. The lowest BCUT2D eigenvalue weighted by Crippen LogP contribution is -2.39. The number of unbranched alkanes of at least 4 members (excludes halogenated alkanes) is 3. The van der Waals surface area contributed by atoms with Crippen molar-refractivity contribution in [1.82, 2.24) is 24.8 Å². The molecule has 6 nitrogen and oxygen atoms in total. The number of guanidine groups is 1. The number of hydrogen-bond donors (Lipinski definition) is 1. The molecule has 1 N–H and O–H groups in total. The summed E-state index contributed by atoms with van der Waals surface area (Å²) in [4.78, 5) is 6.49. The van der Waals surface area contributed by atoms with Crippen LogP contribution in [-0.2, 0) is 6.54 Å². The second-order valence-electron chi connectivity index (χ2n) is 5.51. The number of rotatable bonds is 8. The van der Waals surface area contributed by atoms with E-state index in [9.17, 15) is 0 Å². The second-order valence-corrected chi connectivity index (χ2v) is 5.51. The number of nitrogens with zero attached hydrogens (tertiary/aromatic N) is 5. The maximum atomic E-state index is 4.34. The molecule has 0 amide bonds. The summed E-state index contributed by atoms with van der Waals surface area (Å²) in [5.41, 5.74) is 0.856. The normalized spacial score (nSPS) is 11.2. The number of aliphatic imine (C=N–C) groups is 1. The Kier molecular flexibility index (Phi) is 9.36. The molecule has 0 aliphatic carbocycles. The van der Waals surface area contributed by atoms with Gasteiger partial charge in [-0.05, 0) is 31.4 Å². The van der Waals surface area contributed by atoms with Gasteiger partial charge < -0.3 is 10.2 Å². The minimum absolute atomic E-state index is 0. The van der Waals surface area contributed by atoms with Crippen molar-refractivity contribution in [3.63, 3.8) is 0 Å². The summed E-state index contributed by atoms with van der Waals surface area (Å²) in [6.45, 7) is 5.33. The Labute approximate surface area is 161 Å². The van der Waals surface area contributed by atoms with E-state index in [2.05, 4.69) is 39.0 Å². The van der Waals surface area contributed by atoms with E-state index in [-0.39, 0.29) is 24.0 Å². The number of fused-ring (bicyclic) bond motifs is 1. The molecule has 2 aromatic rings. The highest BCUT2D eigenvalue weighted by atomic mass is 127. The van der Waals surface area contributed by atoms with Crippen LogP contribution < -0.4 is 5.32 Å². The van der Waals surface area contributed by atoms with Crippen LogP contribution in [0.4, 0.5) is 0 Å². The number of halogens is 1. The third-order valence-electron chi connectivity index (χ3n) is 3.76. The second kappa shape index (κ2) is 11.0. The standard InChI is InChI=1S/C17H26N6.HI/c1-4-5-6-7-9-12-22(3)17(18-2)19-14-16-21-20-15-11-8-10-13-23(15)16;/h4,8,10-11,13H,1,5-7,9,12,14H2,2-3H3,(H,18,19);1H. The molecule has 0 spiro atoms. The van der Waals surface area contributed by atoms with Crippen molar-refractivity contribution in [3.05, 3.63) is 42.9 Å². The molecule has 0 aliphatic rings. The number of pyridine rings is 1. The monoisotopic (exact) mass is 442 g/mol. The van der Waals surface area contributed by atoms with Crippen molar-refractivity contribution in [1.29, 1.82) is 0 Å². The first-order valence-electron chi connectivity index (χ1n) is 8.07. The summed E-state index contributed by atoms with van der Waals surface area (Å²) in [6.07, 6.45) is 8.61. The Balaban J connectivity index is 0.00000288. The lowest BCUT2D eigenvalue weighted by Gasteiger charge is -2.21. The fraction of sp³-hybridized carbons (Fsp3) is 0.471. The van der Waals surface area contributed by atoms with Gasteiger partial charge >= 0.3 is 0 Å². The zero-order valence-corrected chi connectivity index (χ0v) is 16.8. The Bertz CT molecular complexity index is 651. The average Bonchev–Trinajstić information content (AvgIpc) is 2.98. The predicted molar refractivity (Wildman–Crippen MR) is 110 cm³/mol. The van der Waals surface area contributed by atoms with Crippen molar-refractivity contribution in [2.75, 3.05) is 20.6 Å². The molecule has 0 saturated heterocycles. The Morgan fingerprint density at radius 1 is 1.33 bits per heavy atom. The van der Waals surface area contributed by atoms with Crippen LogP contribution in [0.5, 0.6) is 0 Å². The molecule has 2 rings (SSSR count). The van der Waals surface area contributed by atoms with Gasteiger partial charge in [0.2, 0.25) is 0 Å². The minimum Gasteiger partial charge on any atom is -0.349 e. The smallest absolute Gasteiger partial charge is 0.193 e. The highest BCUT2D eigenvalue weighted by molar-refractivity contribution is 14.0. The zero-order valence-electron chi connectivity index (χ0n) is 14.5. The van der Waals surface area contributed by atoms with Gasteiger partial charge in [0.05, 0.1) is 6.54 Å². The van der Waals surface area contributed by atoms with Gasteiger partial charge in [-0.25, -0.2) is 0 Å². The SMILES string of the molecule is C=CCCCCCN(C)C(=NC)NCc1nnc2ccccn12.I. The van der Waals surface area contributed by atoms with Crippen molar-refractivity contribution in [2.24, 2.45) is 4.99 Å². The van der Waals surface area contributed by atoms with Crippen LogP contribution >= 0.6 is 24.0 Å². The van der Waals surface area contributed by atoms with E-state index in [4.69, 9.17) is 0 Å². The molecule has 132 valence electrons. The van der Waals surface area contributed by atoms with Gasteiger partial charge in [-0.1, -0.05) is 18.6 Å². The number of hydrogen-bond acceptors (Lipinski definition) is 3. The van der Waals surface area contributed by atoms with Crippen molar-refractivity contribution in [3.8, 4) is 0 Å². The predicted octanol–water partition coefficient (Wildman–Crippen LogP) is 3.10. The van der Waals surface area contributed by atoms with Crippen LogP contribution in [0.1, 0.15) is 31.5 Å². The van der Waals surface area contributed by atoms with Gasteiger partial charge in [-0.2, -0.15) is 0 Å². The first kappa shape index (κ1) is 20.4. The zero-order chi connectivity index (χ0) is 16.5. The first-order valence-corrected chi connectivity index (χ1v) is 8.07. The van der Waals surface area contributed by atoms with E-state index < -0.39 is 0 Å². The van der Waals surface area contributed by atoms with Gasteiger partial charge in [0.1, 0.15) is 0 Å². The number of nitrogens with one attached hydrogen (secondary N) is 1. The summed E-state index contributed by atoms with van der Waals surface area (Å²) >= 11 is 0. The highest BCUT2D eigenvalue weighted by Gasteiger charge is 2.08. The molecule has 0 bridgehead atoms. The molecule has 0 unspecified atom stereocenters. The van der Waals surface area contributed by atoms with Gasteiger partial charge in [0, 0.05) is 26.8 Å². The molecule has 2 aromatic heterocycles. The fourth-order valence-corrected chi connectivity index (χ4v) is 2.47. The van der Waals surface area contributed by atoms with E-state index in [0.29, 0.717) is 6.54 Å². The van der Waals surface area contributed by atoms with Crippen LogP contribution in [0.3, 0.4) is 0 Å². The van der Waals surface area contributed by atoms with Crippen molar-refractivity contribution in [2.45, 2.75) is 32.2 Å². The molecular weight excluding hydrogens is 415 g/mol. The maximum Gasteiger partial charge on any atom is 0.193 e.